The molecule has 0 aromatic heterocycles. The number of sulfonamides is 1. The Labute approximate surface area is 173 Å². The van der Waals surface area contributed by atoms with Crippen LogP contribution in [0.25, 0.3) is 0 Å². The summed E-state index contributed by atoms with van der Waals surface area (Å²) in [7, 11) is -2.41. The number of rotatable bonds is 3. The van der Waals surface area contributed by atoms with Crippen molar-refractivity contribution in [2.24, 2.45) is 0 Å². The van der Waals surface area contributed by atoms with Crippen molar-refractivity contribution >= 4 is 10.0 Å². The van der Waals surface area contributed by atoms with Crippen LogP contribution in [-0.2, 0) is 16.2 Å². The van der Waals surface area contributed by atoms with Gasteiger partial charge in [0, 0.05) is 25.1 Å². The highest BCUT2D eigenvalue weighted by Gasteiger charge is 2.45. The Morgan fingerprint density at radius 2 is 1.70 bits per heavy atom. The fraction of sp³-hybridized carbons (Fsp3) is 0.429. The van der Waals surface area contributed by atoms with Gasteiger partial charge in [-0.25, -0.2) is 13.1 Å². The molecule has 0 amide bonds. The average Bonchev–Trinajstić information content (AvgIpc) is 2.70. The minimum atomic E-state index is -4.77. The number of likely N-dealkylation sites (tertiary alicyclic amines) is 1. The summed E-state index contributed by atoms with van der Waals surface area (Å²) < 4.78 is 75.1. The number of para-hydroxylation sites is 1. The van der Waals surface area contributed by atoms with Crippen LogP contribution in [0.2, 0.25) is 0 Å². The first kappa shape index (κ1) is 21.1. The molecule has 2 aliphatic heterocycles. The number of ether oxygens (including phenoxy) is 1. The molecule has 0 unspecified atom stereocenters. The molecule has 162 valence electrons. The van der Waals surface area contributed by atoms with Crippen molar-refractivity contribution in [3.05, 3.63) is 59.7 Å². The molecule has 2 heterocycles. The molecule has 1 fully saturated rings. The van der Waals surface area contributed by atoms with E-state index >= 15 is 0 Å². The van der Waals surface area contributed by atoms with Crippen molar-refractivity contribution in [3.63, 3.8) is 0 Å². The number of piperidine rings is 1. The lowest BCUT2D eigenvalue weighted by Gasteiger charge is -2.46. The molecular formula is C21H23F3N2O3S. The van der Waals surface area contributed by atoms with Gasteiger partial charge in [-0.15, -0.1) is 0 Å². The van der Waals surface area contributed by atoms with Gasteiger partial charge in [0.1, 0.15) is 11.4 Å². The van der Waals surface area contributed by atoms with E-state index in [1.54, 1.807) is 24.3 Å². The van der Waals surface area contributed by atoms with Crippen molar-refractivity contribution < 1.29 is 26.3 Å². The predicted molar refractivity (Wildman–Crippen MR) is 106 cm³/mol. The largest absolute Gasteiger partial charge is 0.487 e. The third-order valence-electron chi connectivity index (χ3n) is 5.87. The maximum Gasteiger partial charge on any atom is 0.417 e. The summed E-state index contributed by atoms with van der Waals surface area (Å²) in [5.74, 6) is 0.574. The number of benzene rings is 2. The third kappa shape index (κ3) is 4.06. The van der Waals surface area contributed by atoms with Crippen molar-refractivity contribution in [1.29, 1.82) is 0 Å². The van der Waals surface area contributed by atoms with Gasteiger partial charge in [-0.3, -0.25) is 0 Å². The Bertz CT molecular complexity index is 1030. The summed E-state index contributed by atoms with van der Waals surface area (Å²) in [5, 5.41) is 0. The van der Waals surface area contributed by atoms with Crippen LogP contribution >= 0.6 is 0 Å². The fourth-order valence-corrected chi connectivity index (χ4v) is 5.68. The molecular weight excluding hydrogens is 417 g/mol. The first-order valence-electron chi connectivity index (χ1n) is 9.75. The molecule has 0 aliphatic carbocycles. The zero-order valence-corrected chi connectivity index (χ0v) is 17.3. The highest BCUT2D eigenvalue weighted by Crippen LogP contribution is 2.45. The first-order chi connectivity index (χ1) is 14.1. The summed E-state index contributed by atoms with van der Waals surface area (Å²) in [6.07, 6.45) is -2.97. The lowest BCUT2D eigenvalue weighted by molar-refractivity contribution is -0.139. The first-order valence-corrected chi connectivity index (χ1v) is 11.2. The number of halogens is 3. The van der Waals surface area contributed by atoms with Crippen molar-refractivity contribution in [2.45, 2.75) is 42.0 Å². The Kier molecular flexibility index (Phi) is 5.32. The highest BCUT2D eigenvalue weighted by atomic mass is 32.2. The summed E-state index contributed by atoms with van der Waals surface area (Å²) in [6, 6.07) is 10.7. The van der Waals surface area contributed by atoms with E-state index in [1.807, 2.05) is 7.05 Å². The predicted octanol–water partition coefficient (Wildman–Crippen LogP) is 3.97. The van der Waals surface area contributed by atoms with Crippen molar-refractivity contribution in [2.75, 3.05) is 20.1 Å². The molecule has 1 spiro atoms. The van der Waals surface area contributed by atoms with Crippen LogP contribution in [0.4, 0.5) is 13.2 Å². The number of hydrogen-bond acceptors (Lipinski definition) is 4. The normalized spacial score (nSPS) is 21.8. The monoisotopic (exact) mass is 440 g/mol. The van der Waals surface area contributed by atoms with Crippen LogP contribution in [0.5, 0.6) is 5.75 Å². The topological polar surface area (TPSA) is 58.6 Å². The molecule has 0 radical (unpaired) electrons. The molecule has 30 heavy (non-hydrogen) atoms. The number of alkyl halides is 3. The van der Waals surface area contributed by atoms with Gasteiger partial charge in [0.05, 0.1) is 16.5 Å². The second kappa shape index (κ2) is 7.55. The Morgan fingerprint density at radius 3 is 2.40 bits per heavy atom. The van der Waals surface area contributed by atoms with Crippen LogP contribution in [0.1, 0.15) is 36.4 Å². The summed E-state index contributed by atoms with van der Waals surface area (Å²) in [5.41, 5.74) is -1.08. The number of hydrogen-bond donors (Lipinski definition) is 1. The van der Waals surface area contributed by atoms with Gasteiger partial charge in [0.2, 0.25) is 10.0 Å². The van der Waals surface area contributed by atoms with Gasteiger partial charge in [-0.1, -0.05) is 30.3 Å². The second-order valence-corrected chi connectivity index (χ2v) is 9.68. The lowest BCUT2D eigenvalue weighted by Crippen LogP contribution is -2.51. The summed E-state index contributed by atoms with van der Waals surface area (Å²) in [6.45, 7) is 1.61. The molecule has 0 bridgehead atoms. The maximum atomic E-state index is 13.4. The Hall–Kier alpha value is -2.10. The minimum Gasteiger partial charge on any atom is -0.487 e. The molecule has 0 saturated carbocycles. The zero-order chi connectivity index (χ0) is 21.6. The molecule has 9 heteroatoms. The standard InChI is InChI=1S/C21H23F3N2O3S/c1-26-12-10-20(11-13-26)14-17(15-6-2-4-8-18(15)29-20)25-30(27,28)19-9-5-3-7-16(19)21(22,23)24/h2-9,17,25H,10-14H2,1H3/t17-/m0/s1. The van der Waals surface area contributed by atoms with E-state index in [0.717, 1.165) is 38.1 Å². The maximum absolute atomic E-state index is 13.4. The molecule has 2 aromatic carbocycles. The van der Waals surface area contributed by atoms with Crippen LogP contribution in [0, 0.1) is 0 Å². The van der Waals surface area contributed by atoms with Crippen LogP contribution < -0.4 is 9.46 Å². The van der Waals surface area contributed by atoms with Crippen LogP contribution in [0.15, 0.2) is 53.4 Å². The average molecular weight is 440 g/mol. The van der Waals surface area contributed by atoms with E-state index in [-0.39, 0.29) is 0 Å². The van der Waals surface area contributed by atoms with E-state index in [2.05, 4.69) is 9.62 Å². The molecule has 1 saturated heterocycles. The quantitative estimate of drug-likeness (QED) is 0.785. The SMILES string of the molecule is CN1CCC2(CC1)C[C@H](NS(=O)(=O)c1ccccc1C(F)(F)F)c1ccccc1O2. The van der Waals surface area contributed by atoms with Gasteiger partial charge in [0.25, 0.3) is 0 Å². The summed E-state index contributed by atoms with van der Waals surface area (Å²) >= 11 is 0. The van der Waals surface area contributed by atoms with E-state index in [4.69, 9.17) is 4.74 Å². The number of nitrogens with zero attached hydrogens (tertiary/aromatic N) is 1. The molecule has 1 atom stereocenters. The van der Waals surface area contributed by atoms with Crippen molar-refractivity contribution in [3.8, 4) is 5.75 Å². The van der Waals surface area contributed by atoms with Gasteiger partial charge in [-0.05, 0) is 38.1 Å². The minimum absolute atomic E-state index is 0.366. The fourth-order valence-electron chi connectivity index (χ4n) is 4.24. The number of nitrogens with one attached hydrogen (secondary N) is 1. The van der Waals surface area contributed by atoms with E-state index in [9.17, 15) is 21.6 Å². The molecule has 5 nitrogen and oxygen atoms in total. The van der Waals surface area contributed by atoms with Gasteiger partial charge >= 0.3 is 6.18 Å². The Morgan fingerprint density at radius 1 is 1.07 bits per heavy atom. The number of fused-ring (bicyclic) bond motifs is 1. The van der Waals surface area contributed by atoms with E-state index in [0.29, 0.717) is 17.7 Å². The van der Waals surface area contributed by atoms with E-state index in [1.165, 1.54) is 12.1 Å². The van der Waals surface area contributed by atoms with Gasteiger partial charge in [-0.2, -0.15) is 13.2 Å². The highest BCUT2D eigenvalue weighted by molar-refractivity contribution is 7.89. The smallest absolute Gasteiger partial charge is 0.417 e. The zero-order valence-electron chi connectivity index (χ0n) is 16.4. The molecule has 2 aromatic rings. The molecule has 4 rings (SSSR count). The second-order valence-electron chi connectivity index (χ2n) is 8.00. The molecule has 1 N–H and O–H groups in total. The van der Waals surface area contributed by atoms with Crippen molar-refractivity contribution in [1.82, 2.24) is 9.62 Å². The van der Waals surface area contributed by atoms with Gasteiger partial charge < -0.3 is 9.64 Å². The van der Waals surface area contributed by atoms with E-state index < -0.39 is 38.3 Å². The Balaban J connectivity index is 1.70. The van der Waals surface area contributed by atoms with Gasteiger partial charge in [0.15, 0.2) is 0 Å². The summed E-state index contributed by atoms with van der Waals surface area (Å²) in [4.78, 5) is 1.41. The van der Waals surface area contributed by atoms with Crippen LogP contribution in [0.3, 0.4) is 0 Å². The lowest BCUT2D eigenvalue weighted by atomic mass is 9.81. The third-order valence-corrected chi connectivity index (χ3v) is 7.40. The molecule has 2 aliphatic rings. The van der Waals surface area contributed by atoms with Crippen LogP contribution in [-0.4, -0.2) is 39.1 Å².